The molecule has 2 N–H and O–H groups in total. The van der Waals surface area contributed by atoms with Gasteiger partial charge in [0.1, 0.15) is 11.4 Å². The quantitative estimate of drug-likeness (QED) is 0.913. The van der Waals surface area contributed by atoms with Crippen LogP contribution in [0.15, 0.2) is 24.3 Å². The van der Waals surface area contributed by atoms with Gasteiger partial charge in [-0.2, -0.15) is 0 Å². The molecule has 1 aliphatic carbocycles. The highest BCUT2D eigenvalue weighted by atomic mass is 16.5. The van der Waals surface area contributed by atoms with Gasteiger partial charge in [-0.15, -0.1) is 0 Å². The molecule has 3 rings (SSSR count). The van der Waals surface area contributed by atoms with Gasteiger partial charge in [0, 0.05) is 17.7 Å². The summed E-state index contributed by atoms with van der Waals surface area (Å²) in [5, 5.41) is 9.19. The number of benzene rings is 1. The number of H-pyrrole nitrogens is 1. The minimum Gasteiger partial charge on any atom is -0.497 e. The second-order valence-electron chi connectivity index (χ2n) is 5.59. The molecule has 2 aromatic rings. The summed E-state index contributed by atoms with van der Waals surface area (Å²) in [6.07, 6.45) is 1.01. The van der Waals surface area contributed by atoms with Gasteiger partial charge in [0.25, 0.3) is 0 Å². The number of rotatable bonds is 3. The molecule has 1 heterocycles. The van der Waals surface area contributed by atoms with Crippen LogP contribution >= 0.6 is 0 Å². The topological polar surface area (TPSA) is 79.4 Å². The van der Waals surface area contributed by atoms with E-state index in [1.54, 1.807) is 14.0 Å². The Bertz CT molecular complexity index is 760. The fourth-order valence-electron chi connectivity index (χ4n) is 3.18. The van der Waals surface area contributed by atoms with E-state index >= 15 is 0 Å². The number of carboxylic acid groups (broad SMARTS) is 1. The van der Waals surface area contributed by atoms with E-state index in [4.69, 9.17) is 4.74 Å². The average molecular weight is 299 g/mol. The molecule has 22 heavy (non-hydrogen) atoms. The monoisotopic (exact) mass is 299 g/mol. The maximum atomic E-state index is 12.4. The first-order valence-corrected chi connectivity index (χ1v) is 7.13. The first-order valence-electron chi connectivity index (χ1n) is 7.13. The zero-order chi connectivity index (χ0) is 15.9. The normalized spacial score (nSPS) is 17.2. The molecule has 0 radical (unpaired) electrons. The second kappa shape index (κ2) is 5.33. The van der Waals surface area contributed by atoms with Crippen molar-refractivity contribution < 1.29 is 19.4 Å². The number of ether oxygens (including phenoxy) is 1. The minimum absolute atomic E-state index is 0.00433. The molecule has 0 saturated heterocycles. The first-order chi connectivity index (χ1) is 10.5. The van der Waals surface area contributed by atoms with Crippen molar-refractivity contribution in [3.05, 3.63) is 52.3 Å². The van der Waals surface area contributed by atoms with Crippen LogP contribution in [-0.2, 0) is 6.42 Å². The highest BCUT2D eigenvalue weighted by molar-refractivity contribution is 6.03. The number of aromatic carboxylic acids is 1. The molecule has 1 atom stereocenters. The molecule has 5 nitrogen and oxygen atoms in total. The molecule has 0 saturated carbocycles. The van der Waals surface area contributed by atoms with E-state index in [2.05, 4.69) is 4.98 Å². The average Bonchev–Trinajstić information content (AvgIpc) is 2.85. The number of methoxy groups -OCH3 is 1. The molecular weight excluding hydrogens is 282 g/mol. The summed E-state index contributed by atoms with van der Waals surface area (Å²) in [6.45, 7) is 1.68. The van der Waals surface area contributed by atoms with Gasteiger partial charge in [0.2, 0.25) is 0 Å². The Morgan fingerprint density at radius 1 is 1.36 bits per heavy atom. The Morgan fingerprint density at radius 2 is 2.14 bits per heavy atom. The number of nitrogens with one attached hydrogen (secondary N) is 1. The van der Waals surface area contributed by atoms with Crippen LogP contribution < -0.4 is 4.74 Å². The van der Waals surface area contributed by atoms with Crippen molar-refractivity contribution in [2.24, 2.45) is 0 Å². The fourth-order valence-corrected chi connectivity index (χ4v) is 3.18. The Balaban J connectivity index is 1.99. The molecule has 0 unspecified atom stereocenters. The Hall–Kier alpha value is -2.56. The third-order valence-electron chi connectivity index (χ3n) is 4.27. The number of aromatic nitrogens is 1. The lowest BCUT2D eigenvalue weighted by atomic mass is 9.81. The van der Waals surface area contributed by atoms with Crippen LogP contribution in [0.25, 0.3) is 0 Å². The van der Waals surface area contributed by atoms with Crippen molar-refractivity contribution in [2.75, 3.05) is 7.11 Å². The molecule has 0 amide bonds. The number of aromatic amines is 1. The zero-order valence-electron chi connectivity index (χ0n) is 12.5. The van der Waals surface area contributed by atoms with E-state index < -0.39 is 5.97 Å². The highest BCUT2D eigenvalue weighted by Crippen LogP contribution is 2.35. The second-order valence-corrected chi connectivity index (χ2v) is 5.59. The van der Waals surface area contributed by atoms with Crippen LogP contribution in [0, 0.1) is 6.92 Å². The predicted octanol–water partition coefficient (Wildman–Crippen LogP) is 2.94. The number of carbonyl (C=O) groups excluding carboxylic acids is 1. The summed E-state index contributed by atoms with van der Waals surface area (Å²) in [4.78, 5) is 26.6. The fraction of sp³-hybridized carbons (Fsp3) is 0.294. The van der Waals surface area contributed by atoms with Crippen molar-refractivity contribution in [2.45, 2.75) is 25.7 Å². The maximum Gasteiger partial charge on any atom is 0.352 e. The zero-order valence-corrected chi connectivity index (χ0v) is 12.5. The lowest BCUT2D eigenvalue weighted by Crippen LogP contribution is -2.18. The van der Waals surface area contributed by atoms with E-state index in [1.807, 2.05) is 24.3 Å². The first kappa shape index (κ1) is 14.4. The van der Waals surface area contributed by atoms with Gasteiger partial charge in [-0.05, 0) is 42.5 Å². The van der Waals surface area contributed by atoms with Gasteiger partial charge in [0.15, 0.2) is 5.78 Å². The van der Waals surface area contributed by atoms with Crippen molar-refractivity contribution in [3.63, 3.8) is 0 Å². The standard InChI is InChI=1S/C17H17NO4/c1-9-15-13(18-16(9)17(20)21)7-11(8-14(15)19)10-4-3-5-12(6-10)22-2/h3-6,11,18H,7-8H2,1-2H3,(H,20,21)/t11-/m1/s1. The molecule has 1 aromatic carbocycles. The van der Waals surface area contributed by atoms with E-state index in [9.17, 15) is 14.7 Å². The van der Waals surface area contributed by atoms with E-state index in [1.165, 1.54) is 0 Å². The van der Waals surface area contributed by atoms with Crippen LogP contribution in [0.2, 0.25) is 0 Å². The Morgan fingerprint density at radius 3 is 2.82 bits per heavy atom. The van der Waals surface area contributed by atoms with Crippen molar-refractivity contribution in [1.82, 2.24) is 4.98 Å². The molecule has 114 valence electrons. The summed E-state index contributed by atoms with van der Waals surface area (Å²) in [6, 6.07) is 7.66. The molecule has 0 bridgehead atoms. The SMILES string of the molecule is COc1cccc([C@H]2CC(=O)c3c([nH]c(C(=O)O)c3C)C2)c1. The molecule has 1 aromatic heterocycles. The van der Waals surface area contributed by atoms with Gasteiger partial charge in [-0.25, -0.2) is 4.79 Å². The number of Topliss-reactive ketones (excluding diaryl/α,β-unsaturated/α-hetero) is 1. The van der Waals surface area contributed by atoms with Crippen LogP contribution in [-0.4, -0.2) is 29.0 Å². The number of carbonyl (C=O) groups is 2. The van der Waals surface area contributed by atoms with Gasteiger partial charge in [-0.1, -0.05) is 12.1 Å². The maximum absolute atomic E-state index is 12.4. The summed E-state index contributed by atoms with van der Waals surface area (Å²) in [7, 11) is 1.61. The summed E-state index contributed by atoms with van der Waals surface area (Å²) >= 11 is 0. The lowest BCUT2D eigenvalue weighted by Gasteiger charge is -2.22. The highest BCUT2D eigenvalue weighted by Gasteiger charge is 2.31. The van der Waals surface area contributed by atoms with E-state index in [-0.39, 0.29) is 17.4 Å². The van der Waals surface area contributed by atoms with Gasteiger partial charge >= 0.3 is 5.97 Å². The third-order valence-corrected chi connectivity index (χ3v) is 4.27. The van der Waals surface area contributed by atoms with Crippen molar-refractivity contribution >= 4 is 11.8 Å². The number of fused-ring (bicyclic) bond motifs is 1. The number of carboxylic acids is 1. The summed E-state index contributed by atoms with van der Waals surface area (Å²) in [5.74, 6) is -0.243. The van der Waals surface area contributed by atoms with Gasteiger partial charge in [0.05, 0.1) is 7.11 Å². The molecular formula is C17H17NO4. The Labute approximate surface area is 127 Å². The molecule has 0 fully saturated rings. The lowest BCUT2D eigenvalue weighted by molar-refractivity contribution is 0.0690. The van der Waals surface area contributed by atoms with Gasteiger partial charge in [-0.3, -0.25) is 4.79 Å². The van der Waals surface area contributed by atoms with E-state index in [0.29, 0.717) is 24.0 Å². The van der Waals surface area contributed by atoms with Crippen molar-refractivity contribution in [1.29, 1.82) is 0 Å². The molecule has 0 aliphatic heterocycles. The van der Waals surface area contributed by atoms with E-state index in [0.717, 1.165) is 17.0 Å². The van der Waals surface area contributed by atoms with Crippen LogP contribution in [0.1, 0.15) is 50.0 Å². The third kappa shape index (κ3) is 2.28. The molecule has 5 heteroatoms. The summed E-state index contributed by atoms with van der Waals surface area (Å²) < 4.78 is 5.23. The number of hydrogen-bond acceptors (Lipinski definition) is 3. The predicted molar refractivity (Wildman–Crippen MR) is 80.9 cm³/mol. The Kier molecular flexibility index (Phi) is 3.48. The number of ketones is 1. The molecule has 0 spiro atoms. The van der Waals surface area contributed by atoms with Crippen LogP contribution in [0.5, 0.6) is 5.75 Å². The summed E-state index contributed by atoms with van der Waals surface area (Å²) in [5.41, 5.74) is 2.96. The molecule has 1 aliphatic rings. The van der Waals surface area contributed by atoms with Crippen molar-refractivity contribution in [3.8, 4) is 5.75 Å². The minimum atomic E-state index is -1.03. The largest absolute Gasteiger partial charge is 0.497 e. The number of hydrogen-bond donors (Lipinski definition) is 2. The van der Waals surface area contributed by atoms with Crippen LogP contribution in [0.3, 0.4) is 0 Å². The van der Waals surface area contributed by atoms with Crippen LogP contribution in [0.4, 0.5) is 0 Å². The van der Waals surface area contributed by atoms with Gasteiger partial charge < -0.3 is 14.8 Å². The smallest absolute Gasteiger partial charge is 0.352 e.